The Kier molecular flexibility index (Phi) is 5.03. The normalized spacial score (nSPS) is 21.4. The lowest BCUT2D eigenvalue weighted by atomic mass is 9.78. The van der Waals surface area contributed by atoms with Gasteiger partial charge in [-0.3, -0.25) is 0 Å². The maximum atomic E-state index is 9.86. The Morgan fingerprint density at radius 1 is 1.33 bits per heavy atom. The van der Waals surface area contributed by atoms with Crippen LogP contribution >= 0.6 is 0 Å². The Balaban J connectivity index is 2.14. The van der Waals surface area contributed by atoms with E-state index in [1.165, 1.54) is 19.3 Å². The molecule has 0 radical (unpaired) electrons. The van der Waals surface area contributed by atoms with Crippen molar-refractivity contribution in [1.29, 1.82) is 0 Å². The predicted octanol–water partition coefficient (Wildman–Crippen LogP) is 1.22. The lowest BCUT2D eigenvalue weighted by Crippen LogP contribution is -2.52. The summed E-state index contributed by atoms with van der Waals surface area (Å²) in [6, 6.07) is 0. The van der Waals surface area contributed by atoms with E-state index in [9.17, 15) is 5.11 Å². The van der Waals surface area contributed by atoms with Crippen molar-refractivity contribution in [3.63, 3.8) is 0 Å². The maximum absolute atomic E-state index is 9.86. The Hall–Kier alpha value is -0.120. The molecule has 0 spiro atoms. The second kappa shape index (κ2) is 5.83. The molecule has 0 amide bonds. The maximum Gasteiger partial charge on any atom is 0.0791 e. The molecule has 0 aromatic rings. The van der Waals surface area contributed by atoms with Gasteiger partial charge >= 0.3 is 0 Å². The molecule has 0 saturated heterocycles. The number of rotatable bonds is 7. The van der Waals surface area contributed by atoms with Crippen molar-refractivity contribution in [2.75, 3.05) is 26.2 Å². The zero-order valence-corrected chi connectivity index (χ0v) is 10.4. The molecule has 1 unspecified atom stereocenters. The van der Waals surface area contributed by atoms with Crippen LogP contribution < -0.4 is 5.32 Å². The van der Waals surface area contributed by atoms with E-state index in [0.29, 0.717) is 5.54 Å². The molecule has 1 saturated carbocycles. The van der Waals surface area contributed by atoms with E-state index in [2.05, 4.69) is 31.0 Å². The molecule has 1 fully saturated rings. The largest absolute Gasteiger partial charge is 0.390 e. The lowest BCUT2D eigenvalue weighted by Gasteiger charge is -2.40. The fourth-order valence-electron chi connectivity index (χ4n) is 2.09. The first-order valence-corrected chi connectivity index (χ1v) is 6.25. The smallest absolute Gasteiger partial charge is 0.0791 e. The van der Waals surface area contributed by atoms with E-state index in [4.69, 9.17) is 0 Å². The average molecular weight is 214 g/mol. The van der Waals surface area contributed by atoms with Crippen LogP contribution in [0.3, 0.4) is 0 Å². The molecule has 3 nitrogen and oxygen atoms in total. The third kappa shape index (κ3) is 4.09. The van der Waals surface area contributed by atoms with Crippen LogP contribution in [-0.4, -0.2) is 47.8 Å². The number of nitrogens with one attached hydrogen (secondary N) is 1. The van der Waals surface area contributed by atoms with Crippen molar-refractivity contribution in [3.8, 4) is 0 Å². The minimum Gasteiger partial charge on any atom is -0.390 e. The highest BCUT2D eigenvalue weighted by atomic mass is 16.3. The summed E-state index contributed by atoms with van der Waals surface area (Å²) in [6.45, 7) is 10.1. The molecule has 1 atom stereocenters. The molecule has 1 aliphatic carbocycles. The highest BCUT2D eigenvalue weighted by molar-refractivity contribution is 4.91. The van der Waals surface area contributed by atoms with Gasteiger partial charge in [-0.05, 0) is 39.3 Å². The summed E-state index contributed by atoms with van der Waals surface area (Å²) in [5.41, 5.74) is 0.310. The zero-order chi connectivity index (χ0) is 11.3. The molecule has 0 bridgehead atoms. The van der Waals surface area contributed by atoms with Gasteiger partial charge in [0.25, 0.3) is 0 Å². The van der Waals surface area contributed by atoms with Crippen LogP contribution in [0.1, 0.15) is 40.0 Å². The summed E-state index contributed by atoms with van der Waals surface area (Å²) in [6.07, 6.45) is 3.60. The van der Waals surface area contributed by atoms with E-state index in [1.54, 1.807) is 0 Å². The zero-order valence-electron chi connectivity index (χ0n) is 10.4. The third-order valence-electron chi connectivity index (χ3n) is 3.58. The van der Waals surface area contributed by atoms with Gasteiger partial charge in [-0.1, -0.05) is 13.8 Å². The van der Waals surface area contributed by atoms with Gasteiger partial charge in [-0.2, -0.15) is 0 Å². The molecule has 15 heavy (non-hydrogen) atoms. The summed E-state index contributed by atoms with van der Waals surface area (Å²) in [4.78, 5) is 2.26. The van der Waals surface area contributed by atoms with Gasteiger partial charge in [0, 0.05) is 18.6 Å². The molecular weight excluding hydrogens is 188 g/mol. The van der Waals surface area contributed by atoms with Gasteiger partial charge in [-0.15, -0.1) is 0 Å². The predicted molar refractivity (Wildman–Crippen MR) is 64.1 cm³/mol. The van der Waals surface area contributed by atoms with Crippen molar-refractivity contribution < 1.29 is 5.11 Å². The van der Waals surface area contributed by atoms with E-state index < -0.39 is 0 Å². The topological polar surface area (TPSA) is 35.5 Å². The van der Waals surface area contributed by atoms with Crippen molar-refractivity contribution in [2.24, 2.45) is 0 Å². The fraction of sp³-hybridized carbons (Fsp3) is 1.00. The summed E-state index contributed by atoms with van der Waals surface area (Å²) in [5.74, 6) is 0. The molecule has 2 N–H and O–H groups in total. The number of β-amino-alcohol motifs (C(OH)–C–C–N with tert-alkyl or cyclic N) is 1. The number of aliphatic hydroxyl groups excluding tert-OH is 1. The first kappa shape index (κ1) is 12.9. The van der Waals surface area contributed by atoms with Crippen LogP contribution in [-0.2, 0) is 0 Å². The molecule has 0 aliphatic heterocycles. The van der Waals surface area contributed by atoms with Crippen LogP contribution in [0, 0.1) is 0 Å². The molecular formula is C12H26N2O. The van der Waals surface area contributed by atoms with Crippen LogP contribution in [0.25, 0.3) is 0 Å². The quantitative estimate of drug-likeness (QED) is 0.669. The van der Waals surface area contributed by atoms with Crippen LogP contribution in [0.5, 0.6) is 0 Å². The highest BCUT2D eigenvalue weighted by Gasteiger charge is 2.31. The van der Waals surface area contributed by atoms with Gasteiger partial charge < -0.3 is 15.3 Å². The molecule has 1 aliphatic rings. The fourth-order valence-corrected chi connectivity index (χ4v) is 2.09. The van der Waals surface area contributed by atoms with Gasteiger partial charge in [-0.25, -0.2) is 0 Å². The molecule has 0 aromatic carbocycles. The van der Waals surface area contributed by atoms with E-state index >= 15 is 0 Å². The van der Waals surface area contributed by atoms with Gasteiger partial charge in [0.15, 0.2) is 0 Å². The summed E-state index contributed by atoms with van der Waals surface area (Å²) < 4.78 is 0. The van der Waals surface area contributed by atoms with E-state index in [1.807, 2.05) is 0 Å². The minimum atomic E-state index is -0.234. The molecule has 0 aromatic heterocycles. The number of likely N-dealkylation sites (N-methyl/N-ethyl adjacent to an activating group) is 1. The Morgan fingerprint density at radius 3 is 2.33 bits per heavy atom. The monoisotopic (exact) mass is 214 g/mol. The second-order valence-electron chi connectivity index (χ2n) is 4.93. The number of hydrogen-bond acceptors (Lipinski definition) is 3. The van der Waals surface area contributed by atoms with E-state index in [0.717, 1.165) is 26.2 Å². The van der Waals surface area contributed by atoms with Gasteiger partial charge in [0.2, 0.25) is 0 Å². The highest BCUT2D eigenvalue weighted by Crippen LogP contribution is 2.30. The molecule has 3 heteroatoms. The Bertz CT molecular complexity index is 176. The summed E-state index contributed by atoms with van der Waals surface area (Å²) >= 11 is 0. The van der Waals surface area contributed by atoms with Gasteiger partial charge in [0.1, 0.15) is 0 Å². The van der Waals surface area contributed by atoms with Crippen LogP contribution in [0.15, 0.2) is 0 Å². The summed E-state index contributed by atoms with van der Waals surface area (Å²) in [7, 11) is 0. The first-order valence-electron chi connectivity index (χ1n) is 6.25. The lowest BCUT2D eigenvalue weighted by molar-refractivity contribution is 0.0954. The van der Waals surface area contributed by atoms with Crippen molar-refractivity contribution >= 4 is 0 Å². The van der Waals surface area contributed by atoms with Crippen molar-refractivity contribution in [3.05, 3.63) is 0 Å². The van der Waals surface area contributed by atoms with E-state index in [-0.39, 0.29) is 6.10 Å². The second-order valence-corrected chi connectivity index (χ2v) is 4.93. The minimum absolute atomic E-state index is 0.234. The van der Waals surface area contributed by atoms with Crippen molar-refractivity contribution in [1.82, 2.24) is 10.2 Å². The molecule has 90 valence electrons. The molecule has 0 heterocycles. The van der Waals surface area contributed by atoms with Crippen LogP contribution in [0.4, 0.5) is 0 Å². The Labute approximate surface area is 93.9 Å². The van der Waals surface area contributed by atoms with Crippen LogP contribution in [0.2, 0.25) is 0 Å². The summed E-state index contributed by atoms with van der Waals surface area (Å²) in [5, 5.41) is 13.3. The first-order chi connectivity index (χ1) is 7.09. The van der Waals surface area contributed by atoms with Crippen molar-refractivity contribution in [2.45, 2.75) is 51.7 Å². The standard InChI is InChI=1S/C12H26N2O/c1-4-14(5-2)10-11(15)9-13-12(3)7-6-8-12/h11,13,15H,4-10H2,1-3H3. The SMILES string of the molecule is CCN(CC)CC(O)CNC1(C)CCC1. The Morgan fingerprint density at radius 2 is 1.93 bits per heavy atom. The number of hydrogen-bond donors (Lipinski definition) is 2. The number of aliphatic hydroxyl groups is 1. The average Bonchev–Trinajstić information content (AvgIpc) is 2.20. The van der Waals surface area contributed by atoms with Gasteiger partial charge in [0.05, 0.1) is 6.10 Å². The number of nitrogens with zero attached hydrogens (tertiary/aromatic N) is 1. The third-order valence-corrected chi connectivity index (χ3v) is 3.58. The molecule has 1 rings (SSSR count).